The van der Waals surface area contributed by atoms with Gasteiger partial charge in [0.25, 0.3) is 0 Å². The standard InChI is InChI=1S/C16H22N2O2S/c1-17-13-3-4-14(17)10-18(8-6-13)11-15-12(7-9-21-15)2-5-16(19)20/h2,5,7,9,13-14H,3-4,6,8,10-11H2,1H3,(H,19,20). The molecule has 2 atom stereocenters. The number of aliphatic carboxylic acids is 1. The van der Waals surface area contributed by atoms with Crippen molar-refractivity contribution in [1.82, 2.24) is 9.80 Å². The molecule has 2 unspecified atom stereocenters. The molecule has 3 heterocycles. The molecule has 0 spiro atoms. The van der Waals surface area contributed by atoms with Crippen molar-refractivity contribution in [3.8, 4) is 0 Å². The number of carbonyl (C=O) groups is 1. The van der Waals surface area contributed by atoms with Gasteiger partial charge in [0.2, 0.25) is 0 Å². The van der Waals surface area contributed by atoms with Crippen molar-refractivity contribution < 1.29 is 9.90 Å². The van der Waals surface area contributed by atoms with Crippen LogP contribution in [0.2, 0.25) is 0 Å². The summed E-state index contributed by atoms with van der Waals surface area (Å²) in [6, 6.07) is 3.46. The Kier molecular flexibility index (Phi) is 4.42. The zero-order valence-electron chi connectivity index (χ0n) is 12.4. The first-order chi connectivity index (χ1) is 10.1. The molecule has 0 aromatic carbocycles. The number of carboxylic acids is 1. The lowest BCUT2D eigenvalue weighted by Gasteiger charge is -2.25. The summed E-state index contributed by atoms with van der Waals surface area (Å²) in [5, 5.41) is 10.8. The monoisotopic (exact) mass is 306 g/mol. The van der Waals surface area contributed by atoms with Crippen LogP contribution in [0.5, 0.6) is 0 Å². The fourth-order valence-electron chi connectivity index (χ4n) is 3.51. The largest absolute Gasteiger partial charge is 0.478 e. The lowest BCUT2D eigenvalue weighted by molar-refractivity contribution is -0.131. The molecule has 0 radical (unpaired) electrons. The number of carboxylic acid groups (broad SMARTS) is 1. The van der Waals surface area contributed by atoms with Crippen molar-refractivity contribution in [1.29, 1.82) is 0 Å². The second-order valence-electron chi connectivity index (χ2n) is 6.04. The van der Waals surface area contributed by atoms with Crippen molar-refractivity contribution >= 4 is 23.4 Å². The molecule has 2 aliphatic heterocycles. The van der Waals surface area contributed by atoms with E-state index in [1.165, 1.54) is 30.2 Å². The number of hydrogen-bond acceptors (Lipinski definition) is 4. The van der Waals surface area contributed by atoms with Crippen molar-refractivity contribution in [3.63, 3.8) is 0 Å². The summed E-state index contributed by atoms with van der Waals surface area (Å²) in [5.74, 6) is -0.888. The molecular formula is C16H22N2O2S. The minimum Gasteiger partial charge on any atom is -0.478 e. The van der Waals surface area contributed by atoms with E-state index in [0.717, 1.165) is 31.2 Å². The second kappa shape index (κ2) is 6.30. The highest BCUT2D eigenvalue weighted by atomic mass is 32.1. The molecule has 2 fully saturated rings. The Bertz CT molecular complexity index is 540. The number of hydrogen-bond donors (Lipinski definition) is 1. The van der Waals surface area contributed by atoms with Crippen LogP contribution in [0.15, 0.2) is 17.5 Å². The van der Waals surface area contributed by atoms with Gasteiger partial charge in [0.15, 0.2) is 0 Å². The molecule has 1 aromatic heterocycles. The van der Waals surface area contributed by atoms with E-state index in [1.54, 1.807) is 17.4 Å². The van der Waals surface area contributed by atoms with Crippen molar-refractivity contribution in [2.24, 2.45) is 0 Å². The van der Waals surface area contributed by atoms with Crippen LogP contribution in [0.1, 0.15) is 29.7 Å². The predicted octanol–water partition coefficient (Wildman–Crippen LogP) is 2.51. The van der Waals surface area contributed by atoms with Gasteiger partial charge < -0.3 is 5.11 Å². The zero-order valence-corrected chi connectivity index (χ0v) is 13.2. The molecule has 0 saturated carbocycles. The average Bonchev–Trinajstić information content (AvgIpc) is 2.96. The van der Waals surface area contributed by atoms with Gasteiger partial charge in [-0.2, -0.15) is 0 Å². The summed E-state index contributed by atoms with van der Waals surface area (Å²) in [5.41, 5.74) is 1.05. The van der Waals surface area contributed by atoms with Crippen LogP contribution in [0.25, 0.3) is 6.08 Å². The zero-order chi connectivity index (χ0) is 14.8. The van der Waals surface area contributed by atoms with Crippen LogP contribution in [-0.4, -0.2) is 53.1 Å². The van der Waals surface area contributed by atoms with Crippen LogP contribution in [0.4, 0.5) is 0 Å². The number of nitrogens with zero attached hydrogens (tertiary/aromatic N) is 2. The van der Waals surface area contributed by atoms with Crippen molar-refractivity contribution in [2.75, 3.05) is 20.1 Å². The topological polar surface area (TPSA) is 43.8 Å². The summed E-state index contributed by atoms with van der Waals surface area (Å²) in [6.45, 7) is 3.21. The van der Waals surface area contributed by atoms with E-state index in [4.69, 9.17) is 5.11 Å². The Hall–Kier alpha value is -1.17. The highest BCUT2D eigenvalue weighted by Gasteiger charge is 2.34. The van der Waals surface area contributed by atoms with Gasteiger partial charge in [-0.1, -0.05) is 0 Å². The van der Waals surface area contributed by atoms with Gasteiger partial charge in [-0.15, -0.1) is 11.3 Å². The molecule has 5 heteroatoms. The highest BCUT2D eigenvalue weighted by molar-refractivity contribution is 7.10. The van der Waals surface area contributed by atoms with Crippen molar-refractivity contribution in [3.05, 3.63) is 28.0 Å². The van der Waals surface area contributed by atoms with Gasteiger partial charge in [0.05, 0.1) is 0 Å². The van der Waals surface area contributed by atoms with E-state index >= 15 is 0 Å². The van der Waals surface area contributed by atoms with Gasteiger partial charge in [-0.25, -0.2) is 4.79 Å². The number of thiophene rings is 1. The molecular weight excluding hydrogens is 284 g/mol. The smallest absolute Gasteiger partial charge is 0.328 e. The second-order valence-corrected chi connectivity index (χ2v) is 7.05. The third-order valence-corrected chi connectivity index (χ3v) is 5.71. The summed E-state index contributed by atoms with van der Waals surface area (Å²) in [7, 11) is 2.26. The molecule has 21 heavy (non-hydrogen) atoms. The van der Waals surface area contributed by atoms with Gasteiger partial charge in [-0.3, -0.25) is 9.80 Å². The Morgan fingerprint density at radius 1 is 1.43 bits per heavy atom. The summed E-state index contributed by atoms with van der Waals surface area (Å²) < 4.78 is 0. The minimum atomic E-state index is -0.888. The van der Waals surface area contributed by atoms with Crippen LogP contribution in [0, 0.1) is 0 Å². The molecule has 4 nitrogen and oxygen atoms in total. The van der Waals surface area contributed by atoms with Gasteiger partial charge in [0.1, 0.15) is 0 Å². The number of rotatable bonds is 4. The molecule has 0 amide bonds. The molecule has 1 N–H and O–H groups in total. The first-order valence-electron chi connectivity index (χ1n) is 7.55. The van der Waals surface area contributed by atoms with E-state index in [9.17, 15) is 4.79 Å². The Balaban J connectivity index is 1.67. The average molecular weight is 306 g/mol. The van der Waals surface area contributed by atoms with Crippen molar-refractivity contribution in [2.45, 2.75) is 37.9 Å². The SMILES string of the molecule is CN1C2CCC1CN(Cc1sccc1C=CC(=O)O)CC2. The third-order valence-electron chi connectivity index (χ3n) is 4.79. The maximum absolute atomic E-state index is 10.7. The maximum atomic E-state index is 10.7. The molecule has 2 aliphatic rings. The van der Waals surface area contributed by atoms with Gasteiger partial charge in [0, 0.05) is 42.7 Å². The van der Waals surface area contributed by atoms with Crippen LogP contribution < -0.4 is 0 Å². The Morgan fingerprint density at radius 2 is 2.24 bits per heavy atom. The molecule has 3 rings (SSSR count). The van der Waals surface area contributed by atoms with Crippen LogP contribution in [0.3, 0.4) is 0 Å². The summed E-state index contributed by atoms with van der Waals surface area (Å²) >= 11 is 1.72. The molecule has 2 saturated heterocycles. The minimum absolute atomic E-state index is 0.690. The van der Waals surface area contributed by atoms with E-state index in [0.29, 0.717) is 6.04 Å². The normalized spacial score (nSPS) is 27.3. The lowest BCUT2D eigenvalue weighted by Crippen LogP contribution is -2.36. The Labute approximate surface area is 129 Å². The van der Waals surface area contributed by atoms with Gasteiger partial charge in [-0.05, 0) is 49.4 Å². The maximum Gasteiger partial charge on any atom is 0.328 e. The van der Waals surface area contributed by atoms with Crippen LogP contribution in [-0.2, 0) is 11.3 Å². The lowest BCUT2D eigenvalue weighted by atomic mass is 10.1. The summed E-state index contributed by atoms with van der Waals surface area (Å²) in [6.07, 6.45) is 6.85. The molecule has 2 bridgehead atoms. The quantitative estimate of drug-likeness (QED) is 0.868. The fraction of sp³-hybridized carbons (Fsp3) is 0.562. The van der Waals surface area contributed by atoms with Crippen LogP contribution >= 0.6 is 11.3 Å². The highest BCUT2D eigenvalue weighted by Crippen LogP contribution is 2.30. The number of likely N-dealkylation sites (tertiary alicyclic amines) is 1. The van der Waals surface area contributed by atoms with Gasteiger partial charge >= 0.3 is 5.97 Å². The number of likely N-dealkylation sites (N-methyl/N-ethyl adjacent to an activating group) is 1. The first kappa shape index (κ1) is 14.8. The summed E-state index contributed by atoms with van der Waals surface area (Å²) in [4.78, 5) is 17.0. The van der Waals surface area contributed by atoms with E-state index < -0.39 is 5.97 Å². The fourth-order valence-corrected chi connectivity index (χ4v) is 4.42. The Morgan fingerprint density at radius 3 is 3.05 bits per heavy atom. The first-order valence-corrected chi connectivity index (χ1v) is 8.43. The van der Waals surface area contributed by atoms with E-state index in [-0.39, 0.29) is 0 Å². The third kappa shape index (κ3) is 3.36. The molecule has 114 valence electrons. The molecule has 0 aliphatic carbocycles. The number of fused-ring (bicyclic) bond motifs is 2. The predicted molar refractivity (Wildman–Crippen MR) is 85.5 cm³/mol. The van der Waals surface area contributed by atoms with E-state index in [2.05, 4.69) is 16.8 Å². The van der Waals surface area contributed by atoms with E-state index in [1.807, 2.05) is 11.4 Å². The molecule has 1 aromatic rings.